The molecule has 1 aromatic rings. The van der Waals surface area contributed by atoms with Crippen LogP contribution in [-0.2, 0) is 6.42 Å². The summed E-state index contributed by atoms with van der Waals surface area (Å²) in [7, 11) is 0. The maximum Gasteiger partial charge on any atom is 0.0675 e. The highest BCUT2D eigenvalue weighted by molar-refractivity contribution is 7.07. The van der Waals surface area contributed by atoms with Crippen molar-refractivity contribution in [3.63, 3.8) is 0 Å². The van der Waals surface area contributed by atoms with Crippen LogP contribution < -0.4 is 0 Å². The first kappa shape index (κ1) is 13.1. The highest BCUT2D eigenvalue weighted by Gasteiger charge is 2.31. The van der Waals surface area contributed by atoms with Crippen molar-refractivity contribution < 1.29 is 5.11 Å². The zero-order chi connectivity index (χ0) is 12.1. The van der Waals surface area contributed by atoms with Crippen LogP contribution in [0.25, 0.3) is 0 Å². The Labute approximate surface area is 108 Å². The van der Waals surface area contributed by atoms with Crippen molar-refractivity contribution in [1.29, 1.82) is 0 Å². The van der Waals surface area contributed by atoms with E-state index in [9.17, 15) is 5.11 Å². The summed E-state index contributed by atoms with van der Waals surface area (Å²) in [5.41, 5.74) is 0.964. The Kier molecular flexibility index (Phi) is 4.60. The number of piperidine rings is 1. The predicted octanol–water partition coefficient (Wildman–Crippen LogP) is 2.92. The minimum absolute atomic E-state index is 0.411. The van der Waals surface area contributed by atoms with Gasteiger partial charge in [0, 0.05) is 13.1 Å². The molecule has 0 spiro atoms. The Bertz CT molecular complexity index is 315. The molecule has 2 rings (SSSR count). The number of rotatable bonds is 5. The molecule has 0 amide bonds. The third-order valence-electron chi connectivity index (χ3n) is 3.79. The fourth-order valence-electron chi connectivity index (χ4n) is 2.57. The van der Waals surface area contributed by atoms with Gasteiger partial charge >= 0.3 is 0 Å². The van der Waals surface area contributed by atoms with Crippen LogP contribution in [0.3, 0.4) is 0 Å². The number of thiophene rings is 1. The smallest absolute Gasteiger partial charge is 0.0675 e. The van der Waals surface area contributed by atoms with E-state index < -0.39 is 5.60 Å². The molecular formula is C14H23NOS. The zero-order valence-corrected chi connectivity index (χ0v) is 11.5. The van der Waals surface area contributed by atoms with E-state index in [2.05, 4.69) is 28.7 Å². The van der Waals surface area contributed by atoms with Gasteiger partial charge in [-0.05, 0) is 61.0 Å². The molecule has 0 unspecified atom stereocenters. The normalized spacial score (nSPS) is 20.6. The second kappa shape index (κ2) is 5.98. The second-order valence-corrected chi connectivity index (χ2v) is 5.98. The average Bonchev–Trinajstić information content (AvgIpc) is 2.84. The lowest BCUT2D eigenvalue weighted by Gasteiger charge is -2.38. The number of aryl methyl sites for hydroxylation is 1. The summed E-state index contributed by atoms with van der Waals surface area (Å²) in [6.07, 6.45) is 5.04. The number of aliphatic hydroxyl groups is 1. The molecule has 1 N–H and O–H groups in total. The highest BCUT2D eigenvalue weighted by atomic mass is 32.1. The first-order chi connectivity index (χ1) is 8.22. The quantitative estimate of drug-likeness (QED) is 0.872. The van der Waals surface area contributed by atoms with Crippen LogP contribution >= 0.6 is 11.3 Å². The van der Waals surface area contributed by atoms with Crippen LogP contribution in [0.1, 0.15) is 38.2 Å². The van der Waals surface area contributed by atoms with Gasteiger partial charge in [-0.3, -0.25) is 0 Å². The van der Waals surface area contributed by atoms with Gasteiger partial charge in [0.05, 0.1) is 5.60 Å². The molecule has 0 atom stereocenters. The molecule has 1 aromatic heterocycles. The van der Waals surface area contributed by atoms with Gasteiger partial charge in [0.25, 0.3) is 0 Å². The molecule has 0 aromatic carbocycles. The van der Waals surface area contributed by atoms with Gasteiger partial charge < -0.3 is 10.0 Å². The zero-order valence-electron chi connectivity index (χ0n) is 10.7. The van der Waals surface area contributed by atoms with Crippen molar-refractivity contribution >= 4 is 11.3 Å². The highest BCUT2D eigenvalue weighted by Crippen LogP contribution is 2.27. The molecule has 3 heteroatoms. The second-order valence-electron chi connectivity index (χ2n) is 5.20. The Morgan fingerprint density at radius 1 is 1.41 bits per heavy atom. The van der Waals surface area contributed by atoms with Gasteiger partial charge in [-0.15, -0.1) is 0 Å². The average molecular weight is 253 g/mol. The van der Waals surface area contributed by atoms with Crippen molar-refractivity contribution in [2.75, 3.05) is 19.6 Å². The molecule has 96 valence electrons. The van der Waals surface area contributed by atoms with E-state index in [1.807, 2.05) is 0 Å². The van der Waals surface area contributed by atoms with Crippen LogP contribution in [0, 0.1) is 0 Å². The largest absolute Gasteiger partial charge is 0.390 e. The molecule has 0 aliphatic carbocycles. The van der Waals surface area contributed by atoms with E-state index in [0.29, 0.717) is 0 Å². The predicted molar refractivity (Wildman–Crippen MR) is 73.6 cm³/mol. The molecule has 1 saturated heterocycles. The van der Waals surface area contributed by atoms with Gasteiger partial charge in [0.1, 0.15) is 0 Å². The number of likely N-dealkylation sites (tertiary alicyclic amines) is 1. The summed E-state index contributed by atoms with van der Waals surface area (Å²) in [6, 6.07) is 2.17. The summed E-state index contributed by atoms with van der Waals surface area (Å²) in [4.78, 5) is 2.47. The van der Waals surface area contributed by atoms with Gasteiger partial charge in [-0.2, -0.15) is 11.3 Å². The van der Waals surface area contributed by atoms with E-state index in [0.717, 1.165) is 38.8 Å². The van der Waals surface area contributed by atoms with Crippen LogP contribution in [0.15, 0.2) is 16.8 Å². The molecule has 0 saturated carbocycles. The summed E-state index contributed by atoms with van der Waals surface area (Å²) in [6.45, 7) is 5.53. The molecule has 1 fully saturated rings. The Hall–Kier alpha value is -0.380. The number of hydrogen-bond acceptors (Lipinski definition) is 3. The summed E-state index contributed by atoms with van der Waals surface area (Å²) >= 11 is 1.74. The van der Waals surface area contributed by atoms with Crippen LogP contribution in [-0.4, -0.2) is 35.2 Å². The standard InChI is InChI=1S/C14H23NOS/c1-2-8-15-9-6-14(16,7-10-15)5-3-13-4-11-17-12-13/h4,11-12,16H,2-3,5-10H2,1H3. The van der Waals surface area contributed by atoms with Crippen molar-refractivity contribution in [3.8, 4) is 0 Å². The van der Waals surface area contributed by atoms with Gasteiger partial charge in [-0.1, -0.05) is 6.92 Å². The molecular weight excluding hydrogens is 230 g/mol. The van der Waals surface area contributed by atoms with Crippen molar-refractivity contribution in [1.82, 2.24) is 4.90 Å². The number of hydrogen-bond donors (Lipinski definition) is 1. The first-order valence-corrected chi connectivity index (χ1v) is 7.62. The van der Waals surface area contributed by atoms with Crippen LogP contribution in [0.2, 0.25) is 0 Å². The minimum Gasteiger partial charge on any atom is -0.390 e. The van der Waals surface area contributed by atoms with E-state index in [-0.39, 0.29) is 0 Å². The Morgan fingerprint density at radius 3 is 2.76 bits per heavy atom. The van der Waals surface area contributed by atoms with Crippen molar-refractivity contribution in [2.24, 2.45) is 0 Å². The number of nitrogens with zero attached hydrogens (tertiary/aromatic N) is 1. The fourth-order valence-corrected chi connectivity index (χ4v) is 3.27. The topological polar surface area (TPSA) is 23.5 Å². The molecule has 17 heavy (non-hydrogen) atoms. The first-order valence-electron chi connectivity index (χ1n) is 6.68. The molecule has 2 nitrogen and oxygen atoms in total. The molecule has 0 radical (unpaired) electrons. The Balaban J connectivity index is 1.77. The van der Waals surface area contributed by atoms with Crippen molar-refractivity contribution in [3.05, 3.63) is 22.4 Å². The van der Waals surface area contributed by atoms with E-state index in [1.165, 1.54) is 18.5 Å². The third-order valence-corrected chi connectivity index (χ3v) is 4.52. The molecule has 2 heterocycles. The summed E-state index contributed by atoms with van der Waals surface area (Å²) < 4.78 is 0. The lowest BCUT2D eigenvalue weighted by atomic mass is 9.86. The van der Waals surface area contributed by atoms with Gasteiger partial charge in [-0.25, -0.2) is 0 Å². The lowest BCUT2D eigenvalue weighted by Crippen LogP contribution is -2.44. The Morgan fingerprint density at radius 2 is 2.18 bits per heavy atom. The SMILES string of the molecule is CCCN1CCC(O)(CCc2ccsc2)CC1. The lowest BCUT2D eigenvalue weighted by molar-refractivity contribution is -0.0271. The van der Waals surface area contributed by atoms with Crippen LogP contribution in [0.4, 0.5) is 0 Å². The van der Waals surface area contributed by atoms with E-state index in [1.54, 1.807) is 11.3 Å². The maximum atomic E-state index is 10.5. The fraction of sp³-hybridized carbons (Fsp3) is 0.714. The van der Waals surface area contributed by atoms with E-state index >= 15 is 0 Å². The molecule has 0 bridgehead atoms. The maximum absolute atomic E-state index is 10.5. The molecule has 1 aliphatic rings. The van der Waals surface area contributed by atoms with Gasteiger partial charge in [0.15, 0.2) is 0 Å². The molecule has 1 aliphatic heterocycles. The van der Waals surface area contributed by atoms with Crippen LogP contribution in [0.5, 0.6) is 0 Å². The summed E-state index contributed by atoms with van der Waals surface area (Å²) in [5, 5.41) is 14.8. The third kappa shape index (κ3) is 3.80. The minimum atomic E-state index is -0.411. The van der Waals surface area contributed by atoms with E-state index in [4.69, 9.17) is 0 Å². The monoisotopic (exact) mass is 253 g/mol. The summed E-state index contributed by atoms with van der Waals surface area (Å²) in [5.74, 6) is 0. The van der Waals surface area contributed by atoms with Crippen molar-refractivity contribution in [2.45, 2.75) is 44.6 Å². The van der Waals surface area contributed by atoms with Gasteiger partial charge in [0.2, 0.25) is 0 Å².